The number of halogens is 1. The van der Waals surface area contributed by atoms with Crippen molar-refractivity contribution in [2.24, 2.45) is 5.73 Å². The van der Waals surface area contributed by atoms with Gasteiger partial charge in [0.1, 0.15) is 9.84 Å². The third kappa shape index (κ3) is 4.59. The highest BCUT2D eigenvalue weighted by Crippen LogP contribution is 2.28. The van der Waals surface area contributed by atoms with Gasteiger partial charge in [-0.25, -0.2) is 8.42 Å². The third-order valence-corrected chi connectivity index (χ3v) is 4.27. The molecule has 1 rings (SSSR count). The minimum absolute atomic E-state index is 0.0170. The summed E-state index contributed by atoms with van der Waals surface area (Å²) in [7, 11) is -1.07. The molecular weight excluding hydrogens is 316 g/mol. The molecule has 4 nitrogen and oxygen atoms in total. The highest BCUT2D eigenvalue weighted by atomic mass is 79.9. The zero-order chi connectivity index (χ0) is 13.9. The van der Waals surface area contributed by atoms with Gasteiger partial charge in [-0.05, 0) is 40.5 Å². The van der Waals surface area contributed by atoms with Gasteiger partial charge in [-0.3, -0.25) is 0 Å². The molecule has 1 aromatic rings. The molecular formula is C12H19BrN2O2S. The number of anilines is 1. The van der Waals surface area contributed by atoms with E-state index < -0.39 is 9.84 Å². The topological polar surface area (TPSA) is 63.4 Å². The number of benzene rings is 1. The van der Waals surface area contributed by atoms with Crippen molar-refractivity contribution in [2.75, 3.05) is 30.5 Å². The largest absolute Gasteiger partial charge is 0.373 e. The van der Waals surface area contributed by atoms with Gasteiger partial charge in [-0.15, -0.1) is 0 Å². The molecule has 0 aromatic heterocycles. The van der Waals surface area contributed by atoms with E-state index >= 15 is 0 Å². The molecule has 2 N–H and O–H groups in total. The van der Waals surface area contributed by atoms with Gasteiger partial charge in [0.15, 0.2) is 0 Å². The number of sulfone groups is 1. The number of rotatable bonds is 5. The van der Waals surface area contributed by atoms with Gasteiger partial charge < -0.3 is 10.6 Å². The van der Waals surface area contributed by atoms with Crippen LogP contribution in [0.2, 0.25) is 0 Å². The van der Waals surface area contributed by atoms with Gasteiger partial charge in [0, 0.05) is 30.4 Å². The number of nitrogens with two attached hydrogens (primary N) is 1. The van der Waals surface area contributed by atoms with Crippen LogP contribution in [-0.4, -0.2) is 34.0 Å². The fourth-order valence-corrected chi connectivity index (χ4v) is 2.84. The van der Waals surface area contributed by atoms with Crippen LogP contribution in [0.25, 0.3) is 0 Å². The molecule has 0 saturated carbocycles. The van der Waals surface area contributed by atoms with Crippen LogP contribution < -0.4 is 10.6 Å². The van der Waals surface area contributed by atoms with E-state index in [4.69, 9.17) is 5.73 Å². The molecule has 0 radical (unpaired) electrons. The minimum Gasteiger partial charge on any atom is -0.373 e. The molecule has 0 heterocycles. The first-order chi connectivity index (χ1) is 8.20. The van der Waals surface area contributed by atoms with Crippen LogP contribution in [0.1, 0.15) is 18.5 Å². The summed E-state index contributed by atoms with van der Waals surface area (Å²) in [5.74, 6) is 0.144. The smallest absolute Gasteiger partial charge is 0.149 e. The number of hydrogen-bond donors (Lipinski definition) is 1. The zero-order valence-electron chi connectivity index (χ0n) is 10.9. The molecule has 0 aliphatic rings. The Bertz CT molecular complexity index is 515. The molecule has 1 atom stereocenters. The average molecular weight is 335 g/mol. The van der Waals surface area contributed by atoms with Crippen molar-refractivity contribution < 1.29 is 8.42 Å². The van der Waals surface area contributed by atoms with E-state index in [2.05, 4.69) is 15.9 Å². The predicted molar refractivity (Wildman–Crippen MR) is 79.7 cm³/mol. The maximum absolute atomic E-state index is 11.1. The Labute approximate surface area is 117 Å². The highest BCUT2D eigenvalue weighted by Gasteiger charge is 2.10. The molecule has 0 spiro atoms. The predicted octanol–water partition coefficient (Wildman–Crippen LogP) is 1.95. The van der Waals surface area contributed by atoms with Crippen LogP contribution in [0, 0.1) is 0 Å². The molecule has 0 fully saturated rings. The van der Waals surface area contributed by atoms with Crippen molar-refractivity contribution in [3.05, 3.63) is 28.2 Å². The molecule has 0 aliphatic carbocycles. The van der Waals surface area contributed by atoms with Gasteiger partial charge in [-0.1, -0.05) is 6.07 Å². The Morgan fingerprint density at radius 3 is 2.50 bits per heavy atom. The Morgan fingerprint density at radius 2 is 2.06 bits per heavy atom. The summed E-state index contributed by atoms with van der Waals surface area (Å²) in [6, 6.07) is 5.86. The summed E-state index contributed by atoms with van der Waals surface area (Å²) < 4.78 is 23.2. The van der Waals surface area contributed by atoms with Crippen molar-refractivity contribution in [1.82, 2.24) is 0 Å². The number of hydrogen-bond acceptors (Lipinski definition) is 4. The van der Waals surface area contributed by atoms with Gasteiger partial charge in [0.05, 0.1) is 11.4 Å². The van der Waals surface area contributed by atoms with Crippen LogP contribution in [0.3, 0.4) is 0 Å². The van der Waals surface area contributed by atoms with Crippen molar-refractivity contribution in [2.45, 2.75) is 13.0 Å². The first-order valence-electron chi connectivity index (χ1n) is 5.64. The fourth-order valence-electron chi connectivity index (χ4n) is 1.54. The van der Waals surface area contributed by atoms with E-state index in [-0.39, 0.29) is 11.8 Å². The van der Waals surface area contributed by atoms with E-state index in [1.165, 1.54) is 6.26 Å². The van der Waals surface area contributed by atoms with Gasteiger partial charge >= 0.3 is 0 Å². The maximum atomic E-state index is 11.1. The second kappa shape index (κ2) is 6.04. The molecule has 1 aromatic carbocycles. The average Bonchev–Trinajstić information content (AvgIpc) is 2.24. The standard InChI is InChI=1S/C12H19BrN2O2S/c1-9(14)10-4-5-12(11(13)8-10)15(2)6-7-18(3,16)17/h4-5,8-9H,6-7,14H2,1-3H3/t9-/m1/s1. The monoisotopic (exact) mass is 334 g/mol. The van der Waals surface area contributed by atoms with Gasteiger partial charge in [0.25, 0.3) is 0 Å². The lowest BCUT2D eigenvalue weighted by atomic mass is 10.1. The van der Waals surface area contributed by atoms with E-state index in [0.29, 0.717) is 6.54 Å². The molecule has 0 amide bonds. The van der Waals surface area contributed by atoms with Crippen LogP contribution in [-0.2, 0) is 9.84 Å². The Hall–Kier alpha value is -0.590. The van der Waals surface area contributed by atoms with Crippen molar-refractivity contribution in [3.63, 3.8) is 0 Å². The van der Waals surface area contributed by atoms with Crippen LogP contribution in [0.5, 0.6) is 0 Å². The summed E-state index contributed by atoms with van der Waals surface area (Å²) in [5.41, 5.74) is 7.82. The van der Waals surface area contributed by atoms with Crippen molar-refractivity contribution in [1.29, 1.82) is 0 Å². The second-order valence-corrected chi connectivity index (χ2v) is 7.67. The lowest BCUT2D eigenvalue weighted by molar-refractivity contribution is 0.601. The van der Waals surface area contributed by atoms with Crippen LogP contribution >= 0.6 is 15.9 Å². The second-order valence-electron chi connectivity index (χ2n) is 4.55. The Balaban J connectivity index is 2.84. The molecule has 6 heteroatoms. The molecule has 102 valence electrons. The molecule has 0 aliphatic heterocycles. The van der Waals surface area contributed by atoms with E-state index in [9.17, 15) is 8.42 Å². The first-order valence-corrected chi connectivity index (χ1v) is 8.50. The summed E-state index contributed by atoms with van der Waals surface area (Å²) >= 11 is 3.49. The molecule has 18 heavy (non-hydrogen) atoms. The van der Waals surface area contributed by atoms with Crippen molar-refractivity contribution >= 4 is 31.5 Å². The summed E-state index contributed by atoms with van der Waals surface area (Å²) in [6.07, 6.45) is 1.25. The number of nitrogens with zero attached hydrogens (tertiary/aromatic N) is 1. The lowest BCUT2D eigenvalue weighted by Crippen LogP contribution is -2.25. The molecule has 0 bridgehead atoms. The highest BCUT2D eigenvalue weighted by molar-refractivity contribution is 9.10. The van der Waals surface area contributed by atoms with Crippen molar-refractivity contribution in [3.8, 4) is 0 Å². The minimum atomic E-state index is -2.94. The summed E-state index contributed by atoms with van der Waals surface area (Å²) in [6.45, 7) is 2.39. The SMILES string of the molecule is C[C@@H](N)c1ccc(N(C)CCS(C)(=O)=O)c(Br)c1. The summed E-state index contributed by atoms with van der Waals surface area (Å²) in [5, 5.41) is 0. The Kier molecular flexibility index (Phi) is 5.19. The van der Waals surface area contributed by atoms with E-state index in [1.54, 1.807) is 0 Å². The quantitative estimate of drug-likeness (QED) is 0.893. The lowest BCUT2D eigenvalue weighted by Gasteiger charge is -2.21. The van der Waals surface area contributed by atoms with Gasteiger partial charge in [0.2, 0.25) is 0 Å². The maximum Gasteiger partial charge on any atom is 0.149 e. The van der Waals surface area contributed by atoms with E-state index in [1.807, 2.05) is 37.1 Å². The third-order valence-electron chi connectivity index (χ3n) is 2.71. The van der Waals surface area contributed by atoms with Crippen LogP contribution in [0.4, 0.5) is 5.69 Å². The fraction of sp³-hybridized carbons (Fsp3) is 0.500. The Morgan fingerprint density at radius 1 is 1.44 bits per heavy atom. The zero-order valence-corrected chi connectivity index (χ0v) is 13.3. The summed E-state index contributed by atoms with van der Waals surface area (Å²) in [4.78, 5) is 1.91. The van der Waals surface area contributed by atoms with Gasteiger partial charge in [-0.2, -0.15) is 0 Å². The van der Waals surface area contributed by atoms with E-state index in [0.717, 1.165) is 15.7 Å². The van der Waals surface area contributed by atoms with Crippen LogP contribution in [0.15, 0.2) is 22.7 Å². The normalized spacial score (nSPS) is 13.4. The molecule has 0 saturated heterocycles. The first kappa shape index (κ1) is 15.5. The molecule has 0 unspecified atom stereocenters.